The normalized spacial score (nSPS) is 11.6. The maximum absolute atomic E-state index is 4.67. The van der Waals surface area contributed by atoms with Crippen LogP contribution in [-0.4, -0.2) is 29.3 Å². The summed E-state index contributed by atoms with van der Waals surface area (Å²) in [6, 6.07) is 0.810. The average molecular weight is 466 g/mol. The van der Waals surface area contributed by atoms with Gasteiger partial charge in [-0.25, -0.2) is 6.17 Å². The van der Waals surface area contributed by atoms with E-state index in [1.807, 2.05) is 20.3 Å². The Morgan fingerprint density at radius 2 is 1.07 bits per heavy atom. The Morgan fingerprint density at radius 3 is 1.26 bits per heavy atom. The molecule has 4 nitrogen and oxygen atoms in total. The standard InChI is InChI=1S/C9H20N2.2C5H11N.C3H7.Mo/c1-6-9(10-7(2)3)11-8(4)5;2*1-4-5(2,3)6;1-3-2;/h7-9H,6H2,1-5H3;2*4H2,1-3H3;3H,1-2H3;/q-2;;;-1;. The maximum atomic E-state index is 4.67. The van der Waals surface area contributed by atoms with Gasteiger partial charge in [-0.05, 0) is 0 Å². The van der Waals surface area contributed by atoms with Crippen LogP contribution in [0.1, 0.15) is 109 Å². The Labute approximate surface area is 180 Å². The fourth-order valence-corrected chi connectivity index (χ4v) is 3.13. The van der Waals surface area contributed by atoms with Gasteiger partial charge in [0.2, 0.25) is 0 Å². The van der Waals surface area contributed by atoms with Crippen LogP contribution in [0.5, 0.6) is 0 Å². The first-order chi connectivity index (χ1) is 12.3. The molecule has 0 aliphatic carbocycles. The van der Waals surface area contributed by atoms with E-state index in [2.05, 4.69) is 93.8 Å². The third kappa shape index (κ3) is 26.2. The molecule has 166 valence electrons. The Morgan fingerprint density at radius 1 is 0.778 bits per heavy atom. The zero-order valence-electron chi connectivity index (χ0n) is 20.6. The molecule has 0 amide bonds. The molecule has 0 rings (SSSR count). The minimum absolute atomic E-state index is 0.148. The quantitative estimate of drug-likeness (QED) is 0.243. The van der Waals surface area contributed by atoms with Crippen LogP contribution in [-0.2, 0) is 18.2 Å². The molecule has 0 atom stereocenters. The Kier molecular flexibility index (Phi) is 21.6. The number of hydrogen-bond acceptors (Lipinski definition) is 2. The maximum Gasteiger partial charge on any atom is -0.0684 e. The van der Waals surface area contributed by atoms with Crippen LogP contribution in [0.25, 0.3) is 10.6 Å². The summed E-state index contributed by atoms with van der Waals surface area (Å²) in [4.78, 5) is 0. The monoisotopic (exact) mass is 467 g/mol. The van der Waals surface area contributed by atoms with Crippen LogP contribution >= 0.6 is 0 Å². The summed E-state index contributed by atoms with van der Waals surface area (Å²) in [5, 5.41) is 8.94. The molecular weight excluding hydrogens is 416 g/mol. The fourth-order valence-electron chi connectivity index (χ4n) is 1.31. The van der Waals surface area contributed by atoms with E-state index in [9.17, 15) is 0 Å². The van der Waals surface area contributed by atoms with Crippen molar-refractivity contribution in [1.29, 1.82) is 0 Å². The molecule has 0 aliphatic heterocycles. The molecule has 0 fully saturated rings. The molecule has 27 heavy (non-hydrogen) atoms. The van der Waals surface area contributed by atoms with E-state index < -0.39 is 18.2 Å². The summed E-state index contributed by atoms with van der Waals surface area (Å²) < 4.78 is 9.34. The van der Waals surface area contributed by atoms with Gasteiger partial charge in [-0.2, -0.15) is 13.8 Å². The first-order valence-corrected chi connectivity index (χ1v) is 12.3. The molecule has 0 unspecified atom stereocenters. The van der Waals surface area contributed by atoms with Gasteiger partial charge in [0.05, 0.1) is 0 Å². The van der Waals surface area contributed by atoms with Crippen molar-refractivity contribution in [2.75, 3.05) is 0 Å². The second kappa shape index (κ2) is 18.3. The van der Waals surface area contributed by atoms with Gasteiger partial charge in [-0.1, -0.05) is 41.0 Å². The van der Waals surface area contributed by atoms with E-state index in [-0.39, 0.29) is 17.2 Å². The molecule has 0 N–H and O–H groups in total. The van der Waals surface area contributed by atoms with Gasteiger partial charge in [0.1, 0.15) is 0 Å². The van der Waals surface area contributed by atoms with Crippen LogP contribution in [0.4, 0.5) is 0 Å². The smallest absolute Gasteiger partial charge is 0.0684 e. The molecule has 0 aromatic carbocycles. The summed E-state index contributed by atoms with van der Waals surface area (Å²) in [5.41, 5.74) is 0.297. The zero-order valence-corrected chi connectivity index (χ0v) is 22.6. The van der Waals surface area contributed by atoms with Gasteiger partial charge < -0.3 is 17.1 Å². The van der Waals surface area contributed by atoms with Crippen LogP contribution in [0.2, 0.25) is 0 Å². The van der Waals surface area contributed by atoms with Gasteiger partial charge in [0, 0.05) is 0 Å². The van der Waals surface area contributed by atoms with Crippen molar-refractivity contribution in [3.63, 3.8) is 0 Å². The van der Waals surface area contributed by atoms with E-state index in [1.165, 1.54) is 0 Å². The van der Waals surface area contributed by atoms with E-state index in [1.54, 1.807) is 0 Å². The zero-order chi connectivity index (χ0) is 22.1. The van der Waals surface area contributed by atoms with Gasteiger partial charge in [0.25, 0.3) is 0 Å². The third-order valence-corrected chi connectivity index (χ3v) is 6.44. The predicted molar refractivity (Wildman–Crippen MR) is 120 cm³/mol. The fraction of sp³-hybridized carbons (Fsp3) is 0.955. The van der Waals surface area contributed by atoms with Crippen molar-refractivity contribution < 1.29 is 18.2 Å². The molecule has 0 heterocycles. The second-order valence-electron chi connectivity index (χ2n) is 8.55. The van der Waals surface area contributed by atoms with Crippen molar-refractivity contribution in [3.8, 4) is 0 Å². The van der Waals surface area contributed by atoms with E-state index >= 15 is 0 Å². The Balaban J connectivity index is -0.000000376. The van der Waals surface area contributed by atoms with Gasteiger partial charge in [0.15, 0.2) is 0 Å². The number of rotatable bonds is 9. The third-order valence-electron chi connectivity index (χ3n) is 3.61. The van der Waals surface area contributed by atoms with Crippen molar-refractivity contribution in [3.05, 3.63) is 17.1 Å². The molecule has 0 saturated carbocycles. The van der Waals surface area contributed by atoms with E-state index in [0.717, 1.165) is 19.3 Å². The van der Waals surface area contributed by atoms with Crippen molar-refractivity contribution >= 4 is 0 Å². The molecule has 0 aromatic heterocycles. The van der Waals surface area contributed by atoms with E-state index in [4.69, 9.17) is 0 Å². The summed E-state index contributed by atoms with van der Waals surface area (Å²) >= 11 is -0.492. The van der Waals surface area contributed by atoms with Crippen LogP contribution in [0, 0.1) is 6.42 Å². The largest absolute Gasteiger partial charge is 0.676 e. The van der Waals surface area contributed by atoms with Crippen molar-refractivity contribution in [1.82, 2.24) is 0 Å². The molecule has 0 spiro atoms. The number of hydrogen-bond donors (Lipinski definition) is 0. The molecule has 0 aliphatic rings. The Hall–Kier alpha value is 0.208. The number of nitrogens with zero attached hydrogens (tertiary/aromatic N) is 4. The molecule has 0 aromatic rings. The van der Waals surface area contributed by atoms with Gasteiger partial charge >= 0.3 is 90.7 Å². The van der Waals surface area contributed by atoms with E-state index in [0.29, 0.717) is 12.1 Å². The molecular formula is C22H49MoN4-3. The minimum atomic E-state index is -0.492. The summed E-state index contributed by atoms with van der Waals surface area (Å²) in [7, 11) is 0. The average Bonchev–Trinajstić information content (AvgIpc) is 2.54. The van der Waals surface area contributed by atoms with Crippen LogP contribution in [0.3, 0.4) is 0 Å². The van der Waals surface area contributed by atoms with Gasteiger partial charge in [-0.15, -0.1) is 12.1 Å². The topological polar surface area (TPSA) is 52.9 Å². The summed E-state index contributed by atoms with van der Waals surface area (Å²) in [6.45, 7) is 27.6. The van der Waals surface area contributed by atoms with Gasteiger partial charge in [-0.3, -0.25) is 0 Å². The first-order valence-electron chi connectivity index (χ1n) is 10.5. The second-order valence-corrected chi connectivity index (χ2v) is 9.85. The predicted octanol–water partition coefficient (Wildman–Crippen LogP) is 8.33. The first kappa shape index (κ1) is 31.9. The van der Waals surface area contributed by atoms with Crippen molar-refractivity contribution in [2.24, 2.45) is 6.99 Å². The Bertz CT molecular complexity index is 354. The summed E-state index contributed by atoms with van der Waals surface area (Å²) in [5.74, 6) is 0. The molecule has 0 radical (unpaired) electrons. The summed E-state index contributed by atoms with van der Waals surface area (Å²) in [6.07, 6.45) is 5.46. The minimum Gasteiger partial charge on any atom is -0.676 e. The SMILES string of the molecule is CCC(C)(C)[N]=[Mo]=[N]C(C)(C)CC.CCC([N-]C(C)C)[N-]C(C)C.C[CH-]C. The molecule has 5 heteroatoms. The van der Waals surface area contributed by atoms with Crippen molar-refractivity contribution in [2.45, 2.75) is 139 Å². The molecule has 0 bridgehead atoms. The van der Waals surface area contributed by atoms with Crippen LogP contribution < -0.4 is 0 Å². The molecule has 0 saturated heterocycles. The van der Waals surface area contributed by atoms with Crippen LogP contribution in [0.15, 0.2) is 6.99 Å².